The first-order valence-electron chi connectivity index (χ1n) is 8.50. The smallest absolute Gasteiger partial charge is 0.315 e. The second-order valence-corrected chi connectivity index (χ2v) is 7.38. The second-order valence-electron chi connectivity index (χ2n) is 6.27. The van der Waals surface area contributed by atoms with E-state index in [-0.39, 0.29) is 17.7 Å². The van der Waals surface area contributed by atoms with Crippen molar-refractivity contribution in [2.24, 2.45) is 0 Å². The third-order valence-electron chi connectivity index (χ3n) is 4.61. The highest BCUT2D eigenvalue weighted by molar-refractivity contribution is 7.99. The van der Waals surface area contributed by atoms with Gasteiger partial charge in [-0.25, -0.2) is 4.79 Å². The third-order valence-corrected chi connectivity index (χ3v) is 5.84. The molecule has 1 heterocycles. The van der Waals surface area contributed by atoms with Gasteiger partial charge in [0.05, 0.1) is 11.6 Å². The molecule has 0 spiro atoms. The minimum Gasteiger partial charge on any atom is -0.376 e. The molecule has 1 atom stereocenters. The lowest BCUT2D eigenvalue weighted by Gasteiger charge is -2.27. The van der Waals surface area contributed by atoms with Crippen LogP contribution in [-0.2, 0) is 4.74 Å². The van der Waals surface area contributed by atoms with Crippen LogP contribution in [0.5, 0.6) is 0 Å². The second kappa shape index (κ2) is 8.41. The number of thioether (sulfide) groups is 1. The zero-order valence-electron chi connectivity index (χ0n) is 14.4. The van der Waals surface area contributed by atoms with Crippen molar-refractivity contribution in [2.75, 3.05) is 25.2 Å². The molecule has 2 aromatic carbocycles. The Labute approximate surface area is 153 Å². The molecule has 0 bridgehead atoms. The van der Waals surface area contributed by atoms with E-state index in [4.69, 9.17) is 4.74 Å². The Bertz CT molecular complexity index is 633. The summed E-state index contributed by atoms with van der Waals surface area (Å²) in [6, 6.07) is 19.7. The van der Waals surface area contributed by atoms with Gasteiger partial charge in [-0.3, -0.25) is 0 Å². The van der Waals surface area contributed by atoms with E-state index in [1.54, 1.807) is 7.11 Å². The fraction of sp³-hybridized carbons (Fsp3) is 0.350. The van der Waals surface area contributed by atoms with E-state index in [1.165, 1.54) is 0 Å². The number of rotatable bonds is 6. The molecule has 2 amide bonds. The van der Waals surface area contributed by atoms with Crippen LogP contribution in [0.25, 0.3) is 0 Å². The summed E-state index contributed by atoms with van der Waals surface area (Å²) in [7, 11) is 1.72. The van der Waals surface area contributed by atoms with Gasteiger partial charge in [-0.2, -0.15) is 11.8 Å². The number of carbonyl (C=O) groups is 1. The van der Waals surface area contributed by atoms with Crippen molar-refractivity contribution in [3.63, 3.8) is 0 Å². The van der Waals surface area contributed by atoms with Crippen LogP contribution in [-0.4, -0.2) is 36.8 Å². The number of urea groups is 1. The predicted molar refractivity (Wildman–Crippen MR) is 103 cm³/mol. The number of nitrogens with one attached hydrogen (secondary N) is 2. The fourth-order valence-corrected chi connectivity index (χ4v) is 4.43. The van der Waals surface area contributed by atoms with Gasteiger partial charge in [-0.1, -0.05) is 60.7 Å². The molecule has 0 aromatic heterocycles. The van der Waals surface area contributed by atoms with Crippen molar-refractivity contribution < 1.29 is 9.53 Å². The van der Waals surface area contributed by atoms with E-state index in [9.17, 15) is 4.79 Å². The SMILES string of the molecule is COC1(CNC(=O)NC(c2ccccc2)c2ccccc2)CCSC1. The van der Waals surface area contributed by atoms with E-state index < -0.39 is 0 Å². The molecule has 2 aromatic rings. The number of carbonyl (C=O) groups excluding carboxylic acids is 1. The number of ether oxygens (including phenoxy) is 1. The van der Waals surface area contributed by atoms with Gasteiger partial charge >= 0.3 is 6.03 Å². The van der Waals surface area contributed by atoms with Crippen molar-refractivity contribution >= 4 is 17.8 Å². The molecule has 132 valence electrons. The van der Waals surface area contributed by atoms with E-state index in [1.807, 2.05) is 72.4 Å². The maximum Gasteiger partial charge on any atom is 0.315 e. The van der Waals surface area contributed by atoms with Gasteiger partial charge in [0, 0.05) is 19.4 Å². The molecule has 1 fully saturated rings. The number of benzene rings is 2. The number of amides is 2. The van der Waals surface area contributed by atoms with Crippen LogP contribution in [0.15, 0.2) is 60.7 Å². The third kappa shape index (κ3) is 4.55. The average Bonchev–Trinajstić information content (AvgIpc) is 3.15. The minimum absolute atomic E-state index is 0.175. The Balaban J connectivity index is 1.69. The van der Waals surface area contributed by atoms with Crippen molar-refractivity contribution in [1.82, 2.24) is 10.6 Å². The number of hydrogen-bond acceptors (Lipinski definition) is 3. The standard InChI is InChI=1S/C20H24N2O2S/c1-24-20(12-13-25-15-20)14-21-19(23)22-18(16-8-4-2-5-9-16)17-10-6-3-7-11-17/h2-11,18H,12-15H2,1H3,(H2,21,22,23). The Kier molecular flexibility index (Phi) is 6.00. The van der Waals surface area contributed by atoms with Gasteiger partial charge in [0.2, 0.25) is 0 Å². The van der Waals surface area contributed by atoms with Crippen LogP contribution in [0.4, 0.5) is 4.79 Å². The summed E-state index contributed by atoms with van der Waals surface area (Å²) >= 11 is 1.87. The molecule has 1 aliphatic heterocycles. The van der Waals surface area contributed by atoms with Crippen LogP contribution in [0.3, 0.4) is 0 Å². The van der Waals surface area contributed by atoms with Gasteiger partial charge in [-0.05, 0) is 23.3 Å². The molecule has 2 N–H and O–H groups in total. The molecule has 1 unspecified atom stereocenters. The molecule has 5 heteroatoms. The highest BCUT2D eigenvalue weighted by Gasteiger charge is 2.34. The summed E-state index contributed by atoms with van der Waals surface area (Å²) < 4.78 is 5.66. The van der Waals surface area contributed by atoms with Crippen molar-refractivity contribution in [3.8, 4) is 0 Å². The van der Waals surface area contributed by atoms with Gasteiger partial charge in [0.15, 0.2) is 0 Å². The van der Waals surface area contributed by atoms with Gasteiger partial charge in [-0.15, -0.1) is 0 Å². The number of hydrogen-bond donors (Lipinski definition) is 2. The van der Waals surface area contributed by atoms with Crippen molar-refractivity contribution in [2.45, 2.75) is 18.1 Å². The molecule has 0 saturated carbocycles. The first kappa shape index (κ1) is 17.8. The molecule has 4 nitrogen and oxygen atoms in total. The van der Waals surface area contributed by atoms with E-state index in [0.717, 1.165) is 29.1 Å². The molecule has 1 saturated heterocycles. The summed E-state index contributed by atoms with van der Waals surface area (Å²) in [5.74, 6) is 2.00. The van der Waals surface area contributed by atoms with Gasteiger partial charge < -0.3 is 15.4 Å². The quantitative estimate of drug-likeness (QED) is 0.831. The summed E-state index contributed by atoms with van der Waals surface area (Å²) in [6.45, 7) is 0.526. The molecule has 3 rings (SSSR count). The molecular weight excluding hydrogens is 332 g/mol. The Morgan fingerprint density at radius 2 is 1.72 bits per heavy atom. The molecule has 1 aliphatic rings. The summed E-state index contributed by atoms with van der Waals surface area (Å²) in [5.41, 5.74) is 1.88. The Morgan fingerprint density at radius 3 is 2.20 bits per heavy atom. The molecule has 25 heavy (non-hydrogen) atoms. The van der Waals surface area contributed by atoms with Crippen LogP contribution < -0.4 is 10.6 Å². The number of methoxy groups -OCH3 is 1. The summed E-state index contributed by atoms with van der Waals surface area (Å²) in [6.07, 6.45) is 0.968. The van der Waals surface area contributed by atoms with E-state index in [2.05, 4.69) is 10.6 Å². The van der Waals surface area contributed by atoms with Crippen LogP contribution in [0.1, 0.15) is 23.6 Å². The van der Waals surface area contributed by atoms with Crippen LogP contribution in [0, 0.1) is 0 Å². The summed E-state index contributed by atoms with van der Waals surface area (Å²) in [4.78, 5) is 12.5. The molecule has 0 radical (unpaired) electrons. The lowest BCUT2D eigenvalue weighted by molar-refractivity contribution is 0.0157. The first-order valence-corrected chi connectivity index (χ1v) is 9.65. The van der Waals surface area contributed by atoms with Crippen LogP contribution in [0.2, 0.25) is 0 Å². The Morgan fingerprint density at radius 1 is 1.12 bits per heavy atom. The summed E-state index contributed by atoms with van der Waals surface area (Å²) in [5, 5.41) is 6.10. The van der Waals surface area contributed by atoms with E-state index >= 15 is 0 Å². The van der Waals surface area contributed by atoms with Crippen LogP contribution >= 0.6 is 11.8 Å². The maximum absolute atomic E-state index is 12.5. The van der Waals surface area contributed by atoms with Crippen molar-refractivity contribution in [1.29, 1.82) is 0 Å². The molecular formula is C20H24N2O2S. The normalized spacial score (nSPS) is 19.8. The maximum atomic E-state index is 12.5. The Hall–Kier alpha value is -1.98. The topological polar surface area (TPSA) is 50.4 Å². The highest BCUT2D eigenvalue weighted by atomic mass is 32.2. The monoisotopic (exact) mass is 356 g/mol. The zero-order chi connectivity index (χ0) is 17.5. The van der Waals surface area contributed by atoms with Crippen molar-refractivity contribution in [3.05, 3.63) is 71.8 Å². The van der Waals surface area contributed by atoms with Gasteiger partial charge in [0.25, 0.3) is 0 Å². The molecule has 0 aliphatic carbocycles. The predicted octanol–water partition coefficient (Wildman–Crippen LogP) is 3.60. The lowest BCUT2D eigenvalue weighted by atomic mass is 9.99. The van der Waals surface area contributed by atoms with Gasteiger partial charge in [0.1, 0.15) is 0 Å². The fourth-order valence-electron chi connectivity index (χ4n) is 3.03. The van der Waals surface area contributed by atoms with E-state index in [0.29, 0.717) is 6.54 Å². The zero-order valence-corrected chi connectivity index (χ0v) is 15.2. The first-order chi connectivity index (χ1) is 12.2. The average molecular weight is 356 g/mol. The highest BCUT2D eigenvalue weighted by Crippen LogP contribution is 2.30. The largest absolute Gasteiger partial charge is 0.376 e. The minimum atomic E-state index is -0.239. The lowest BCUT2D eigenvalue weighted by Crippen LogP contribution is -2.48.